The molecule has 0 saturated carbocycles. The van der Waals surface area contributed by atoms with Gasteiger partial charge in [0.05, 0.1) is 10.7 Å². The molecule has 6 nitrogen and oxygen atoms in total. The molecule has 0 N–H and O–H groups in total. The highest BCUT2D eigenvalue weighted by atomic mass is 79.9. The predicted molar refractivity (Wildman–Crippen MR) is 60.3 cm³/mol. The van der Waals surface area contributed by atoms with Crippen molar-refractivity contribution >= 4 is 21.6 Å². The summed E-state index contributed by atoms with van der Waals surface area (Å²) in [5, 5.41) is 12.3. The molecule has 0 bridgehead atoms. The molecule has 7 heteroatoms. The molecule has 0 atom stereocenters. The van der Waals surface area contributed by atoms with E-state index in [1.54, 1.807) is 17.1 Å². The second-order valence-electron chi connectivity index (χ2n) is 3.29. The Kier molecular flexibility index (Phi) is 2.00. The molecular weight excluding hydrogens is 272 g/mol. The lowest BCUT2D eigenvalue weighted by molar-refractivity contribution is 0.839. The molecule has 0 saturated heterocycles. The summed E-state index contributed by atoms with van der Waals surface area (Å²) in [6.07, 6.45) is 7.06. The van der Waals surface area contributed by atoms with Crippen LogP contribution in [0.2, 0.25) is 0 Å². The number of halogens is 1. The van der Waals surface area contributed by atoms with Crippen molar-refractivity contribution in [2.24, 2.45) is 0 Å². The largest absolute Gasteiger partial charge is 0.282 e. The SMILES string of the molecule is Cc1nnc2c(-n3cc(Br)cn3)nccn12. The molecule has 0 spiro atoms. The van der Waals surface area contributed by atoms with Gasteiger partial charge in [-0.05, 0) is 22.9 Å². The molecule has 0 aromatic carbocycles. The van der Waals surface area contributed by atoms with Gasteiger partial charge in [0.1, 0.15) is 5.82 Å². The van der Waals surface area contributed by atoms with Gasteiger partial charge in [0.25, 0.3) is 0 Å². The van der Waals surface area contributed by atoms with Crippen LogP contribution in [0.3, 0.4) is 0 Å². The number of aryl methyl sites for hydroxylation is 1. The highest BCUT2D eigenvalue weighted by Crippen LogP contribution is 2.14. The molecule has 16 heavy (non-hydrogen) atoms. The minimum atomic E-state index is 0.661. The lowest BCUT2D eigenvalue weighted by Crippen LogP contribution is -2.02. The topological polar surface area (TPSA) is 60.9 Å². The molecule has 3 aromatic rings. The number of fused-ring (bicyclic) bond motifs is 1. The Balaban J connectivity index is 2.31. The van der Waals surface area contributed by atoms with E-state index in [0.717, 1.165) is 10.3 Å². The van der Waals surface area contributed by atoms with Crippen LogP contribution in [0, 0.1) is 6.92 Å². The maximum absolute atomic E-state index is 4.26. The van der Waals surface area contributed by atoms with E-state index in [4.69, 9.17) is 0 Å². The van der Waals surface area contributed by atoms with E-state index in [0.29, 0.717) is 11.5 Å². The Bertz CT molecular complexity index is 655. The minimum Gasteiger partial charge on any atom is -0.282 e. The number of rotatable bonds is 1. The van der Waals surface area contributed by atoms with Crippen molar-refractivity contribution in [2.75, 3.05) is 0 Å². The Morgan fingerprint density at radius 3 is 2.94 bits per heavy atom. The average molecular weight is 279 g/mol. The normalized spacial score (nSPS) is 11.1. The third-order valence-electron chi connectivity index (χ3n) is 2.25. The second kappa shape index (κ2) is 3.38. The van der Waals surface area contributed by atoms with Gasteiger partial charge in [0.15, 0.2) is 5.82 Å². The van der Waals surface area contributed by atoms with Gasteiger partial charge in [0.2, 0.25) is 5.65 Å². The van der Waals surface area contributed by atoms with Gasteiger partial charge in [0, 0.05) is 18.6 Å². The maximum Gasteiger partial charge on any atom is 0.206 e. The Hall–Kier alpha value is -1.76. The highest BCUT2D eigenvalue weighted by molar-refractivity contribution is 9.10. The van der Waals surface area contributed by atoms with Gasteiger partial charge in [-0.1, -0.05) is 0 Å². The van der Waals surface area contributed by atoms with Crippen LogP contribution in [0.25, 0.3) is 11.5 Å². The van der Waals surface area contributed by atoms with Crippen LogP contribution in [0.5, 0.6) is 0 Å². The summed E-state index contributed by atoms with van der Waals surface area (Å²) < 4.78 is 4.43. The first-order chi connectivity index (χ1) is 7.75. The fraction of sp³-hybridized carbons (Fsp3) is 0.111. The Morgan fingerprint density at radius 1 is 1.31 bits per heavy atom. The summed E-state index contributed by atoms with van der Waals surface area (Å²) in [4.78, 5) is 4.26. The van der Waals surface area contributed by atoms with Crippen LogP contribution < -0.4 is 0 Å². The molecular formula is C9H7BrN6. The lowest BCUT2D eigenvalue weighted by Gasteiger charge is -2.01. The number of aromatic nitrogens is 6. The molecule has 0 amide bonds. The molecule has 0 fully saturated rings. The first-order valence-corrected chi connectivity index (χ1v) is 5.42. The summed E-state index contributed by atoms with van der Waals surface area (Å²) in [5.41, 5.74) is 0.690. The molecule has 3 rings (SSSR count). The Labute approximate surface area is 99.1 Å². The van der Waals surface area contributed by atoms with Crippen LogP contribution >= 0.6 is 15.9 Å². The van der Waals surface area contributed by atoms with Crippen molar-refractivity contribution in [1.29, 1.82) is 0 Å². The molecule has 80 valence electrons. The van der Waals surface area contributed by atoms with E-state index >= 15 is 0 Å². The highest BCUT2D eigenvalue weighted by Gasteiger charge is 2.09. The van der Waals surface area contributed by atoms with E-state index < -0.39 is 0 Å². The fourth-order valence-corrected chi connectivity index (χ4v) is 1.79. The smallest absolute Gasteiger partial charge is 0.206 e. The molecule has 3 heterocycles. The van der Waals surface area contributed by atoms with E-state index in [2.05, 4.69) is 36.2 Å². The van der Waals surface area contributed by atoms with Gasteiger partial charge in [-0.2, -0.15) is 5.10 Å². The minimum absolute atomic E-state index is 0.661. The lowest BCUT2D eigenvalue weighted by atomic mass is 10.5. The van der Waals surface area contributed by atoms with E-state index in [1.807, 2.05) is 23.7 Å². The summed E-state index contributed by atoms with van der Waals surface area (Å²) in [7, 11) is 0. The maximum atomic E-state index is 4.26. The number of nitrogens with zero attached hydrogens (tertiary/aromatic N) is 6. The van der Waals surface area contributed by atoms with Crippen molar-refractivity contribution in [1.82, 2.24) is 29.4 Å². The van der Waals surface area contributed by atoms with Gasteiger partial charge in [-0.3, -0.25) is 4.40 Å². The first-order valence-electron chi connectivity index (χ1n) is 4.62. The number of hydrogen-bond donors (Lipinski definition) is 0. The first kappa shape index (κ1) is 9.46. The summed E-state index contributed by atoms with van der Waals surface area (Å²) >= 11 is 3.34. The molecule has 3 aromatic heterocycles. The molecule has 0 radical (unpaired) electrons. The zero-order valence-electron chi connectivity index (χ0n) is 8.37. The summed E-state index contributed by atoms with van der Waals surface area (Å²) in [5.74, 6) is 1.48. The standard InChI is InChI=1S/C9H7BrN6/c1-6-13-14-9-8(11-2-3-15(6)9)16-5-7(10)4-12-16/h2-5H,1H3. The van der Waals surface area contributed by atoms with Crippen molar-refractivity contribution in [3.63, 3.8) is 0 Å². The van der Waals surface area contributed by atoms with Gasteiger partial charge >= 0.3 is 0 Å². The fourth-order valence-electron chi connectivity index (χ4n) is 1.51. The van der Waals surface area contributed by atoms with Crippen LogP contribution in [0.1, 0.15) is 5.82 Å². The Morgan fingerprint density at radius 2 is 2.19 bits per heavy atom. The van der Waals surface area contributed by atoms with Crippen molar-refractivity contribution < 1.29 is 0 Å². The summed E-state index contributed by atoms with van der Waals surface area (Å²) in [6.45, 7) is 1.89. The van der Waals surface area contributed by atoms with Crippen LogP contribution in [-0.4, -0.2) is 29.4 Å². The van der Waals surface area contributed by atoms with Gasteiger partial charge in [-0.25, -0.2) is 9.67 Å². The van der Waals surface area contributed by atoms with Gasteiger partial charge < -0.3 is 0 Å². The molecule has 0 aliphatic heterocycles. The van der Waals surface area contributed by atoms with Crippen molar-refractivity contribution in [3.8, 4) is 5.82 Å². The second-order valence-corrected chi connectivity index (χ2v) is 4.21. The van der Waals surface area contributed by atoms with Gasteiger partial charge in [-0.15, -0.1) is 10.2 Å². The van der Waals surface area contributed by atoms with E-state index in [1.165, 1.54) is 0 Å². The third kappa shape index (κ3) is 1.32. The quantitative estimate of drug-likeness (QED) is 0.675. The zero-order valence-corrected chi connectivity index (χ0v) is 9.96. The van der Waals surface area contributed by atoms with Crippen molar-refractivity contribution in [2.45, 2.75) is 6.92 Å². The van der Waals surface area contributed by atoms with E-state index in [9.17, 15) is 0 Å². The molecule has 0 aliphatic rings. The number of hydrogen-bond acceptors (Lipinski definition) is 4. The third-order valence-corrected chi connectivity index (χ3v) is 2.66. The summed E-state index contributed by atoms with van der Waals surface area (Å²) in [6, 6.07) is 0. The van der Waals surface area contributed by atoms with Crippen LogP contribution in [0.4, 0.5) is 0 Å². The molecule has 0 unspecified atom stereocenters. The predicted octanol–water partition coefficient (Wildman–Crippen LogP) is 1.38. The van der Waals surface area contributed by atoms with Crippen molar-refractivity contribution in [3.05, 3.63) is 35.1 Å². The van der Waals surface area contributed by atoms with Crippen LogP contribution in [0.15, 0.2) is 29.3 Å². The monoisotopic (exact) mass is 278 g/mol. The molecule has 0 aliphatic carbocycles. The zero-order chi connectivity index (χ0) is 11.1. The average Bonchev–Trinajstić information content (AvgIpc) is 2.86. The van der Waals surface area contributed by atoms with E-state index in [-0.39, 0.29) is 0 Å². The van der Waals surface area contributed by atoms with Crippen LogP contribution in [-0.2, 0) is 0 Å².